The Morgan fingerprint density at radius 1 is 1.29 bits per heavy atom. The summed E-state index contributed by atoms with van der Waals surface area (Å²) in [7, 11) is 0. The van der Waals surface area contributed by atoms with Crippen LogP contribution in [0.1, 0.15) is 26.5 Å². The van der Waals surface area contributed by atoms with E-state index in [0.29, 0.717) is 0 Å². The highest BCUT2D eigenvalue weighted by atomic mass is 79.9. The molecule has 0 bridgehead atoms. The Balaban J connectivity index is 2.76. The predicted octanol–water partition coefficient (Wildman–Crippen LogP) is 3.89. The Morgan fingerprint density at radius 2 is 2.00 bits per heavy atom. The Hall–Kier alpha value is -0.830. The maximum atomic E-state index is 5.31. The second-order valence-electron chi connectivity index (χ2n) is 4.40. The zero-order chi connectivity index (χ0) is 10.3. The first-order chi connectivity index (χ1) is 6.50. The first-order valence-corrected chi connectivity index (χ1v) is 5.34. The number of hydrogen-bond donors (Lipinski definition) is 0. The van der Waals surface area contributed by atoms with Gasteiger partial charge in [-0.3, -0.25) is 0 Å². The lowest BCUT2D eigenvalue weighted by atomic mass is 9.90. The smallest absolute Gasteiger partial charge is 0.181 e. The van der Waals surface area contributed by atoms with Gasteiger partial charge >= 0.3 is 0 Å². The molecule has 0 radical (unpaired) electrons. The lowest BCUT2D eigenvalue weighted by molar-refractivity contribution is 0.419. The highest BCUT2D eigenvalue weighted by Gasteiger charge is 2.22. The van der Waals surface area contributed by atoms with Crippen molar-refractivity contribution >= 4 is 26.9 Å². The number of aromatic nitrogens is 1. The largest absolute Gasteiger partial charge is 0.355 e. The summed E-state index contributed by atoms with van der Waals surface area (Å²) in [5, 5.41) is 5.21. The molecule has 0 aliphatic carbocycles. The van der Waals surface area contributed by atoms with Crippen molar-refractivity contribution in [3.63, 3.8) is 0 Å². The molecule has 3 heteroatoms. The Bertz CT molecular complexity index is 468. The van der Waals surface area contributed by atoms with Crippen molar-refractivity contribution < 1.29 is 4.52 Å². The summed E-state index contributed by atoms with van der Waals surface area (Å²) in [6.07, 6.45) is 0. The van der Waals surface area contributed by atoms with Crippen LogP contribution in [0.5, 0.6) is 0 Å². The van der Waals surface area contributed by atoms with E-state index in [0.717, 1.165) is 21.1 Å². The van der Waals surface area contributed by atoms with Gasteiger partial charge in [0.1, 0.15) is 0 Å². The van der Waals surface area contributed by atoms with E-state index in [1.165, 1.54) is 0 Å². The van der Waals surface area contributed by atoms with Crippen molar-refractivity contribution in [3.05, 3.63) is 28.4 Å². The van der Waals surface area contributed by atoms with E-state index in [1.807, 2.05) is 18.2 Å². The van der Waals surface area contributed by atoms with Crippen molar-refractivity contribution in [2.24, 2.45) is 0 Å². The van der Waals surface area contributed by atoms with Crippen LogP contribution in [-0.4, -0.2) is 5.16 Å². The highest BCUT2D eigenvalue weighted by Crippen LogP contribution is 2.32. The third-order valence-corrected chi connectivity index (χ3v) is 2.79. The molecular formula is C11H12BrNO. The lowest BCUT2D eigenvalue weighted by Crippen LogP contribution is -2.11. The topological polar surface area (TPSA) is 26.0 Å². The normalized spacial score (nSPS) is 12.3. The van der Waals surface area contributed by atoms with Gasteiger partial charge in [-0.05, 0) is 28.1 Å². The zero-order valence-electron chi connectivity index (χ0n) is 8.47. The van der Waals surface area contributed by atoms with Gasteiger partial charge < -0.3 is 4.52 Å². The Morgan fingerprint density at radius 3 is 2.64 bits per heavy atom. The molecule has 1 heterocycles. The molecule has 1 aromatic heterocycles. The fraction of sp³-hybridized carbons (Fsp3) is 0.364. The fourth-order valence-electron chi connectivity index (χ4n) is 1.47. The van der Waals surface area contributed by atoms with Crippen molar-refractivity contribution in [1.29, 1.82) is 0 Å². The summed E-state index contributed by atoms with van der Waals surface area (Å²) in [6, 6.07) is 6.00. The number of para-hydroxylation sites is 1. The summed E-state index contributed by atoms with van der Waals surface area (Å²) >= 11 is 3.44. The minimum absolute atomic E-state index is 0.0199. The summed E-state index contributed by atoms with van der Waals surface area (Å²) < 4.78 is 6.27. The number of benzene rings is 1. The van der Waals surface area contributed by atoms with Gasteiger partial charge in [0.15, 0.2) is 5.58 Å². The van der Waals surface area contributed by atoms with E-state index in [9.17, 15) is 0 Å². The SMILES string of the molecule is CC(C)(C)c1noc2c(Br)cccc12. The molecule has 0 saturated carbocycles. The number of nitrogens with zero attached hydrogens (tertiary/aromatic N) is 1. The Kier molecular flexibility index (Phi) is 2.14. The average molecular weight is 254 g/mol. The standard InChI is InChI=1S/C11H12BrNO/c1-11(2,3)10-7-5-4-6-8(12)9(7)14-13-10/h4-6H,1-3H3. The van der Waals surface area contributed by atoms with Crippen LogP contribution >= 0.6 is 15.9 Å². The van der Waals surface area contributed by atoms with E-state index in [-0.39, 0.29) is 5.41 Å². The number of halogens is 1. The number of hydrogen-bond acceptors (Lipinski definition) is 2. The molecular weight excluding hydrogens is 242 g/mol. The third-order valence-electron chi connectivity index (χ3n) is 2.16. The third kappa shape index (κ3) is 1.46. The van der Waals surface area contributed by atoms with Crippen LogP contribution in [0.3, 0.4) is 0 Å². The average Bonchev–Trinajstić information content (AvgIpc) is 2.47. The predicted molar refractivity (Wildman–Crippen MR) is 60.4 cm³/mol. The first kappa shape index (κ1) is 9.71. The zero-order valence-corrected chi connectivity index (χ0v) is 10.1. The van der Waals surface area contributed by atoms with Gasteiger partial charge in [-0.15, -0.1) is 0 Å². The van der Waals surface area contributed by atoms with E-state index >= 15 is 0 Å². The monoisotopic (exact) mass is 253 g/mol. The van der Waals surface area contributed by atoms with Crippen molar-refractivity contribution in [1.82, 2.24) is 5.16 Å². The van der Waals surface area contributed by atoms with Gasteiger partial charge in [0.2, 0.25) is 0 Å². The van der Waals surface area contributed by atoms with Gasteiger partial charge in [0.05, 0.1) is 10.2 Å². The molecule has 0 spiro atoms. The maximum Gasteiger partial charge on any atom is 0.181 e. The molecule has 74 valence electrons. The molecule has 0 unspecified atom stereocenters. The molecule has 0 aliphatic rings. The summed E-state index contributed by atoms with van der Waals surface area (Å²) in [5.41, 5.74) is 1.86. The van der Waals surface area contributed by atoms with Crippen LogP contribution in [0.4, 0.5) is 0 Å². The van der Waals surface area contributed by atoms with Crippen LogP contribution in [0.2, 0.25) is 0 Å². The van der Waals surface area contributed by atoms with Crippen LogP contribution in [0, 0.1) is 0 Å². The summed E-state index contributed by atoms with van der Waals surface area (Å²) in [4.78, 5) is 0. The van der Waals surface area contributed by atoms with E-state index < -0.39 is 0 Å². The van der Waals surface area contributed by atoms with Crippen LogP contribution < -0.4 is 0 Å². The maximum absolute atomic E-state index is 5.31. The van der Waals surface area contributed by atoms with Gasteiger partial charge in [0.25, 0.3) is 0 Å². The molecule has 0 atom stereocenters. The molecule has 2 nitrogen and oxygen atoms in total. The first-order valence-electron chi connectivity index (χ1n) is 4.54. The molecule has 0 saturated heterocycles. The fourth-order valence-corrected chi connectivity index (χ4v) is 1.91. The second kappa shape index (κ2) is 3.09. The highest BCUT2D eigenvalue weighted by molar-refractivity contribution is 9.10. The Labute approximate surface area is 91.4 Å². The van der Waals surface area contributed by atoms with Crippen molar-refractivity contribution in [3.8, 4) is 0 Å². The van der Waals surface area contributed by atoms with Crippen LogP contribution in [-0.2, 0) is 5.41 Å². The molecule has 14 heavy (non-hydrogen) atoms. The quantitative estimate of drug-likeness (QED) is 0.712. The molecule has 2 rings (SSSR count). The van der Waals surface area contributed by atoms with Crippen LogP contribution in [0.25, 0.3) is 11.0 Å². The molecule has 0 aliphatic heterocycles. The van der Waals surface area contributed by atoms with Gasteiger partial charge in [-0.2, -0.15) is 0 Å². The molecule has 1 aromatic carbocycles. The lowest BCUT2D eigenvalue weighted by Gasteiger charge is -2.14. The minimum Gasteiger partial charge on any atom is -0.355 e. The summed E-state index contributed by atoms with van der Waals surface area (Å²) in [6.45, 7) is 6.39. The number of rotatable bonds is 0. The van der Waals surface area contributed by atoms with Crippen molar-refractivity contribution in [2.75, 3.05) is 0 Å². The van der Waals surface area contributed by atoms with Crippen molar-refractivity contribution in [2.45, 2.75) is 26.2 Å². The number of fused-ring (bicyclic) bond motifs is 1. The van der Waals surface area contributed by atoms with E-state index in [2.05, 4.69) is 41.9 Å². The molecule has 0 amide bonds. The molecule has 0 N–H and O–H groups in total. The summed E-state index contributed by atoms with van der Waals surface area (Å²) in [5.74, 6) is 0. The van der Waals surface area contributed by atoms with Gasteiger partial charge in [-0.1, -0.05) is 32.0 Å². The van der Waals surface area contributed by atoms with E-state index in [4.69, 9.17) is 4.52 Å². The molecule has 0 fully saturated rings. The van der Waals surface area contributed by atoms with E-state index in [1.54, 1.807) is 0 Å². The molecule has 2 aromatic rings. The minimum atomic E-state index is 0.0199. The van der Waals surface area contributed by atoms with Gasteiger partial charge in [-0.25, -0.2) is 0 Å². The second-order valence-corrected chi connectivity index (χ2v) is 5.25. The van der Waals surface area contributed by atoms with Crippen LogP contribution in [0.15, 0.2) is 27.2 Å². The van der Waals surface area contributed by atoms with Gasteiger partial charge in [0, 0.05) is 10.8 Å².